The Morgan fingerprint density at radius 2 is 2.07 bits per heavy atom. The van der Waals surface area contributed by atoms with E-state index in [0.29, 0.717) is 24.4 Å². The van der Waals surface area contributed by atoms with Crippen LogP contribution in [-0.2, 0) is 9.53 Å². The Morgan fingerprint density at radius 1 is 1.40 bits per heavy atom. The Morgan fingerprint density at radius 3 is 2.60 bits per heavy atom. The van der Waals surface area contributed by atoms with Gasteiger partial charge in [-0.25, -0.2) is 4.79 Å². The summed E-state index contributed by atoms with van der Waals surface area (Å²) in [4.78, 5) is 11.0. The SMILES string of the molecule is C=CC(=O)OCC1CC(C=C)CC1CC. The van der Waals surface area contributed by atoms with Crippen LogP contribution in [-0.4, -0.2) is 12.6 Å². The van der Waals surface area contributed by atoms with Crippen molar-refractivity contribution in [3.63, 3.8) is 0 Å². The zero-order chi connectivity index (χ0) is 11.3. The molecule has 1 fully saturated rings. The summed E-state index contributed by atoms with van der Waals surface area (Å²) in [7, 11) is 0. The van der Waals surface area contributed by atoms with E-state index in [0.717, 1.165) is 12.8 Å². The van der Waals surface area contributed by atoms with E-state index in [-0.39, 0.29) is 5.97 Å². The summed E-state index contributed by atoms with van der Waals surface area (Å²) in [6, 6.07) is 0. The van der Waals surface area contributed by atoms with E-state index in [9.17, 15) is 4.79 Å². The predicted molar refractivity (Wildman–Crippen MR) is 61.3 cm³/mol. The highest BCUT2D eigenvalue weighted by Crippen LogP contribution is 2.38. The van der Waals surface area contributed by atoms with E-state index in [1.165, 1.54) is 12.5 Å². The van der Waals surface area contributed by atoms with Gasteiger partial charge in [-0.2, -0.15) is 0 Å². The lowest BCUT2D eigenvalue weighted by Gasteiger charge is -2.16. The van der Waals surface area contributed by atoms with Crippen LogP contribution in [0.15, 0.2) is 25.3 Å². The van der Waals surface area contributed by atoms with Gasteiger partial charge in [-0.15, -0.1) is 6.58 Å². The first kappa shape index (κ1) is 12.0. The van der Waals surface area contributed by atoms with Crippen molar-refractivity contribution < 1.29 is 9.53 Å². The van der Waals surface area contributed by atoms with Crippen molar-refractivity contribution in [2.75, 3.05) is 6.61 Å². The number of esters is 1. The molecule has 1 aliphatic rings. The van der Waals surface area contributed by atoms with Gasteiger partial charge in [0, 0.05) is 6.08 Å². The lowest BCUT2D eigenvalue weighted by atomic mass is 9.94. The predicted octanol–water partition coefficient (Wildman–Crippen LogP) is 2.95. The number of carbonyl (C=O) groups is 1. The van der Waals surface area contributed by atoms with Gasteiger partial charge >= 0.3 is 5.97 Å². The Balaban J connectivity index is 2.42. The fraction of sp³-hybridized carbons (Fsp3) is 0.615. The summed E-state index contributed by atoms with van der Waals surface area (Å²) in [5.41, 5.74) is 0. The van der Waals surface area contributed by atoms with Crippen molar-refractivity contribution in [2.24, 2.45) is 17.8 Å². The summed E-state index contributed by atoms with van der Waals surface area (Å²) < 4.78 is 5.11. The molecule has 1 aliphatic carbocycles. The van der Waals surface area contributed by atoms with Crippen molar-refractivity contribution in [3.8, 4) is 0 Å². The maximum atomic E-state index is 11.0. The standard InChI is InChI=1S/C13H20O2/c1-4-10-7-11(5-2)12(8-10)9-15-13(14)6-3/h4,6,10-12H,1,3,5,7-9H2,2H3. The van der Waals surface area contributed by atoms with Crippen LogP contribution >= 0.6 is 0 Å². The maximum absolute atomic E-state index is 11.0. The quantitative estimate of drug-likeness (QED) is 0.394. The molecule has 2 nitrogen and oxygen atoms in total. The minimum atomic E-state index is -0.313. The molecule has 3 unspecified atom stereocenters. The van der Waals surface area contributed by atoms with Gasteiger partial charge in [0.25, 0.3) is 0 Å². The summed E-state index contributed by atoms with van der Waals surface area (Å²) >= 11 is 0. The molecule has 0 bridgehead atoms. The molecule has 1 saturated carbocycles. The normalized spacial score (nSPS) is 29.8. The fourth-order valence-corrected chi connectivity index (χ4v) is 2.40. The van der Waals surface area contributed by atoms with Crippen LogP contribution in [0, 0.1) is 17.8 Å². The zero-order valence-corrected chi connectivity index (χ0v) is 9.45. The molecule has 0 saturated heterocycles. The van der Waals surface area contributed by atoms with Crippen molar-refractivity contribution in [3.05, 3.63) is 25.3 Å². The third-order valence-electron chi connectivity index (χ3n) is 3.34. The zero-order valence-electron chi connectivity index (χ0n) is 9.45. The lowest BCUT2D eigenvalue weighted by Crippen LogP contribution is -2.16. The third-order valence-corrected chi connectivity index (χ3v) is 3.34. The lowest BCUT2D eigenvalue weighted by molar-refractivity contribution is -0.139. The second-order valence-electron chi connectivity index (χ2n) is 4.23. The number of carbonyl (C=O) groups excluding carboxylic acids is 1. The smallest absolute Gasteiger partial charge is 0.330 e. The molecule has 84 valence electrons. The molecule has 3 atom stereocenters. The van der Waals surface area contributed by atoms with E-state index in [1.807, 2.05) is 6.08 Å². The molecule has 0 aromatic heterocycles. The van der Waals surface area contributed by atoms with Crippen LogP contribution < -0.4 is 0 Å². The number of hydrogen-bond donors (Lipinski definition) is 0. The average Bonchev–Trinajstić information content (AvgIpc) is 2.68. The fourth-order valence-electron chi connectivity index (χ4n) is 2.40. The number of ether oxygens (including phenoxy) is 1. The molecule has 2 heteroatoms. The van der Waals surface area contributed by atoms with Gasteiger partial charge in [0.1, 0.15) is 0 Å². The Bertz CT molecular complexity index is 245. The largest absolute Gasteiger partial charge is 0.462 e. The van der Waals surface area contributed by atoms with E-state index in [4.69, 9.17) is 4.74 Å². The van der Waals surface area contributed by atoms with Crippen LogP contribution in [0.1, 0.15) is 26.2 Å². The molecule has 0 aromatic rings. The van der Waals surface area contributed by atoms with Gasteiger partial charge in [-0.3, -0.25) is 0 Å². The number of allylic oxidation sites excluding steroid dienone is 1. The Hall–Kier alpha value is -1.05. The van der Waals surface area contributed by atoms with Gasteiger partial charge in [0.05, 0.1) is 6.61 Å². The number of rotatable bonds is 5. The van der Waals surface area contributed by atoms with E-state index in [1.54, 1.807) is 0 Å². The molecule has 0 radical (unpaired) electrons. The van der Waals surface area contributed by atoms with Gasteiger partial charge in [0.2, 0.25) is 0 Å². The molecule has 1 rings (SSSR count). The minimum absolute atomic E-state index is 0.313. The van der Waals surface area contributed by atoms with Crippen LogP contribution in [0.3, 0.4) is 0 Å². The second kappa shape index (κ2) is 5.74. The highest BCUT2D eigenvalue weighted by molar-refractivity contribution is 5.81. The van der Waals surface area contributed by atoms with Gasteiger partial charge in [-0.1, -0.05) is 26.0 Å². The van der Waals surface area contributed by atoms with Gasteiger partial charge in [-0.05, 0) is 30.6 Å². The van der Waals surface area contributed by atoms with Crippen LogP contribution in [0.5, 0.6) is 0 Å². The van der Waals surface area contributed by atoms with Crippen LogP contribution in [0.2, 0.25) is 0 Å². The first-order chi connectivity index (χ1) is 7.21. The Kier molecular flexibility index (Phi) is 4.60. The summed E-state index contributed by atoms with van der Waals surface area (Å²) in [6.45, 7) is 9.95. The van der Waals surface area contributed by atoms with Crippen molar-refractivity contribution in [1.29, 1.82) is 0 Å². The highest BCUT2D eigenvalue weighted by Gasteiger charge is 2.32. The summed E-state index contributed by atoms with van der Waals surface area (Å²) in [5.74, 6) is 1.46. The minimum Gasteiger partial charge on any atom is -0.462 e. The molecule has 0 N–H and O–H groups in total. The van der Waals surface area contributed by atoms with Crippen molar-refractivity contribution in [2.45, 2.75) is 26.2 Å². The summed E-state index contributed by atoms with van der Waals surface area (Å²) in [5, 5.41) is 0. The van der Waals surface area contributed by atoms with Gasteiger partial charge < -0.3 is 4.74 Å². The number of hydrogen-bond acceptors (Lipinski definition) is 2. The average molecular weight is 208 g/mol. The molecular formula is C13H20O2. The highest BCUT2D eigenvalue weighted by atomic mass is 16.5. The maximum Gasteiger partial charge on any atom is 0.330 e. The molecular weight excluding hydrogens is 188 g/mol. The monoisotopic (exact) mass is 208 g/mol. The van der Waals surface area contributed by atoms with Gasteiger partial charge in [0.15, 0.2) is 0 Å². The molecule has 0 spiro atoms. The first-order valence-electron chi connectivity index (χ1n) is 5.63. The first-order valence-corrected chi connectivity index (χ1v) is 5.63. The third kappa shape index (κ3) is 3.22. The van der Waals surface area contributed by atoms with E-state index in [2.05, 4.69) is 20.1 Å². The molecule has 0 aromatic carbocycles. The molecule has 0 aliphatic heterocycles. The molecule has 0 amide bonds. The van der Waals surface area contributed by atoms with Crippen LogP contribution in [0.4, 0.5) is 0 Å². The molecule has 0 heterocycles. The molecule has 15 heavy (non-hydrogen) atoms. The van der Waals surface area contributed by atoms with Crippen molar-refractivity contribution in [1.82, 2.24) is 0 Å². The Labute approximate surface area is 92.0 Å². The second-order valence-corrected chi connectivity index (χ2v) is 4.23. The topological polar surface area (TPSA) is 26.3 Å². The van der Waals surface area contributed by atoms with E-state index < -0.39 is 0 Å². The van der Waals surface area contributed by atoms with Crippen LogP contribution in [0.25, 0.3) is 0 Å². The van der Waals surface area contributed by atoms with E-state index >= 15 is 0 Å². The van der Waals surface area contributed by atoms with Crippen molar-refractivity contribution >= 4 is 5.97 Å². The summed E-state index contributed by atoms with van der Waals surface area (Å²) in [6.07, 6.45) is 6.70.